The first-order valence-corrected chi connectivity index (χ1v) is 10.8. The number of likely N-dealkylation sites (tertiary alicyclic amines) is 1. The van der Waals surface area contributed by atoms with Crippen LogP contribution in [-0.4, -0.2) is 40.4 Å². The van der Waals surface area contributed by atoms with Gasteiger partial charge in [0.1, 0.15) is 5.76 Å². The van der Waals surface area contributed by atoms with Gasteiger partial charge in [-0.3, -0.25) is 14.4 Å². The molecule has 1 N–H and O–H groups in total. The number of carbonyl (C=O) groups is 2. The quantitative estimate of drug-likeness (QED) is 0.758. The number of nitrogens with one attached hydrogen (secondary N) is 1. The SMILES string of the molecule is C[C@@H](CCc1ccco1)NC(=O)CCC(=O)N1C[C@@H]2C[C@H](C1)c1cccc(=O)n1C2. The lowest BCUT2D eigenvalue weighted by Gasteiger charge is -2.42. The zero-order chi connectivity index (χ0) is 21.1. The third-order valence-corrected chi connectivity index (χ3v) is 6.21. The summed E-state index contributed by atoms with van der Waals surface area (Å²) >= 11 is 0. The van der Waals surface area contributed by atoms with Gasteiger partial charge in [-0.15, -0.1) is 0 Å². The number of hydrogen-bond donors (Lipinski definition) is 1. The molecule has 2 aliphatic heterocycles. The average Bonchev–Trinajstić information content (AvgIpc) is 3.25. The van der Waals surface area contributed by atoms with Crippen LogP contribution in [0.2, 0.25) is 0 Å². The zero-order valence-corrected chi connectivity index (χ0v) is 17.4. The van der Waals surface area contributed by atoms with Gasteiger partial charge < -0.3 is 19.2 Å². The van der Waals surface area contributed by atoms with Crippen LogP contribution in [0, 0.1) is 5.92 Å². The number of aromatic nitrogens is 1. The third kappa shape index (κ3) is 4.66. The molecule has 0 aliphatic carbocycles. The summed E-state index contributed by atoms with van der Waals surface area (Å²) in [5, 5.41) is 2.97. The van der Waals surface area contributed by atoms with E-state index >= 15 is 0 Å². The van der Waals surface area contributed by atoms with Crippen LogP contribution in [0.4, 0.5) is 0 Å². The molecule has 2 aromatic heterocycles. The Morgan fingerprint density at radius 3 is 2.83 bits per heavy atom. The molecule has 0 spiro atoms. The van der Waals surface area contributed by atoms with E-state index in [4.69, 9.17) is 4.42 Å². The third-order valence-electron chi connectivity index (χ3n) is 6.21. The Hall–Kier alpha value is -2.83. The maximum atomic E-state index is 12.7. The Kier molecular flexibility index (Phi) is 6.06. The molecule has 0 aromatic carbocycles. The number of piperidine rings is 1. The summed E-state index contributed by atoms with van der Waals surface area (Å²) in [4.78, 5) is 39.0. The minimum absolute atomic E-state index is 0.0230. The molecule has 2 aromatic rings. The van der Waals surface area contributed by atoms with Crippen molar-refractivity contribution in [1.82, 2.24) is 14.8 Å². The largest absolute Gasteiger partial charge is 0.469 e. The van der Waals surface area contributed by atoms with E-state index in [0.717, 1.165) is 30.7 Å². The van der Waals surface area contributed by atoms with E-state index in [1.807, 2.05) is 34.6 Å². The molecule has 7 nitrogen and oxygen atoms in total. The minimum Gasteiger partial charge on any atom is -0.469 e. The molecule has 2 aliphatic rings. The van der Waals surface area contributed by atoms with Gasteiger partial charge in [0.2, 0.25) is 11.8 Å². The second-order valence-corrected chi connectivity index (χ2v) is 8.58. The molecule has 0 unspecified atom stereocenters. The summed E-state index contributed by atoms with van der Waals surface area (Å²) in [5.74, 6) is 1.34. The number of hydrogen-bond acceptors (Lipinski definition) is 4. The van der Waals surface area contributed by atoms with Crippen molar-refractivity contribution in [1.29, 1.82) is 0 Å². The summed E-state index contributed by atoms with van der Waals surface area (Å²) in [5.41, 5.74) is 1.07. The number of rotatable bonds is 7. The number of furan rings is 1. The van der Waals surface area contributed by atoms with E-state index in [9.17, 15) is 14.4 Å². The van der Waals surface area contributed by atoms with Crippen LogP contribution in [-0.2, 0) is 22.6 Å². The average molecular weight is 412 g/mol. The number of nitrogens with zero attached hydrogens (tertiary/aromatic N) is 2. The van der Waals surface area contributed by atoms with Crippen molar-refractivity contribution in [2.45, 2.75) is 57.5 Å². The van der Waals surface area contributed by atoms with Gasteiger partial charge in [0, 0.05) is 62.6 Å². The Labute approximate surface area is 176 Å². The standard InChI is InChI=1S/C23H29N3O4/c1-16(7-8-19-4-3-11-30-19)24-21(27)9-10-22(28)25-13-17-12-18(15-25)20-5-2-6-23(29)26(20)14-17/h2-6,11,16-18H,7-10,12-15H2,1H3,(H,24,27)/t16-,17-,18+/m0/s1. The van der Waals surface area contributed by atoms with Crippen molar-refractivity contribution < 1.29 is 14.0 Å². The minimum atomic E-state index is -0.0932. The number of carbonyl (C=O) groups excluding carboxylic acids is 2. The first-order chi connectivity index (χ1) is 14.5. The molecule has 160 valence electrons. The van der Waals surface area contributed by atoms with Crippen molar-refractivity contribution in [2.24, 2.45) is 5.92 Å². The fourth-order valence-electron chi connectivity index (χ4n) is 4.71. The van der Waals surface area contributed by atoms with Crippen molar-refractivity contribution in [3.05, 3.63) is 58.4 Å². The normalized spacial score (nSPS) is 21.0. The van der Waals surface area contributed by atoms with Crippen LogP contribution in [0.25, 0.3) is 0 Å². The Balaban J connectivity index is 1.24. The van der Waals surface area contributed by atoms with Crippen molar-refractivity contribution >= 4 is 11.8 Å². The fraction of sp³-hybridized carbons (Fsp3) is 0.522. The molecule has 1 saturated heterocycles. The topological polar surface area (TPSA) is 84.6 Å². The monoisotopic (exact) mass is 411 g/mol. The molecule has 2 amide bonds. The smallest absolute Gasteiger partial charge is 0.250 e. The van der Waals surface area contributed by atoms with E-state index < -0.39 is 0 Å². The Morgan fingerprint density at radius 1 is 1.17 bits per heavy atom. The first-order valence-electron chi connectivity index (χ1n) is 10.8. The molecular weight excluding hydrogens is 382 g/mol. The maximum absolute atomic E-state index is 12.7. The van der Waals surface area contributed by atoms with Gasteiger partial charge in [0.15, 0.2) is 0 Å². The van der Waals surface area contributed by atoms with Gasteiger partial charge in [0.25, 0.3) is 5.56 Å². The maximum Gasteiger partial charge on any atom is 0.250 e. The fourth-order valence-corrected chi connectivity index (χ4v) is 4.71. The molecule has 7 heteroatoms. The van der Waals surface area contributed by atoms with Gasteiger partial charge in [-0.05, 0) is 43.9 Å². The highest BCUT2D eigenvalue weighted by atomic mass is 16.3. The number of pyridine rings is 1. The van der Waals surface area contributed by atoms with Gasteiger partial charge in [-0.2, -0.15) is 0 Å². The van der Waals surface area contributed by atoms with E-state index in [1.54, 1.807) is 18.4 Å². The molecular formula is C23H29N3O4. The van der Waals surface area contributed by atoms with Gasteiger partial charge in [-0.25, -0.2) is 0 Å². The second-order valence-electron chi connectivity index (χ2n) is 8.58. The number of amides is 2. The van der Waals surface area contributed by atoms with E-state index in [0.29, 0.717) is 25.6 Å². The highest BCUT2D eigenvalue weighted by molar-refractivity contribution is 5.84. The zero-order valence-electron chi connectivity index (χ0n) is 17.4. The van der Waals surface area contributed by atoms with Crippen LogP contribution in [0.5, 0.6) is 0 Å². The van der Waals surface area contributed by atoms with E-state index in [-0.39, 0.29) is 42.2 Å². The van der Waals surface area contributed by atoms with E-state index in [2.05, 4.69) is 5.32 Å². The first kappa shape index (κ1) is 20.4. The van der Waals surface area contributed by atoms with Crippen LogP contribution >= 0.6 is 0 Å². The molecule has 30 heavy (non-hydrogen) atoms. The van der Waals surface area contributed by atoms with Crippen molar-refractivity contribution in [3.63, 3.8) is 0 Å². The van der Waals surface area contributed by atoms with Gasteiger partial charge in [-0.1, -0.05) is 6.07 Å². The second kappa shape index (κ2) is 8.90. The molecule has 1 fully saturated rings. The lowest BCUT2D eigenvalue weighted by atomic mass is 9.83. The Bertz CT molecular complexity index is 950. The predicted octanol–water partition coefficient (Wildman–Crippen LogP) is 2.30. The van der Waals surface area contributed by atoms with Crippen LogP contribution in [0.1, 0.15) is 50.0 Å². The van der Waals surface area contributed by atoms with Crippen LogP contribution in [0.15, 0.2) is 45.8 Å². The lowest BCUT2D eigenvalue weighted by Crippen LogP contribution is -2.49. The number of aryl methyl sites for hydroxylation is 1. The van der Waals surface area contributed by atoms with Crippen LogP contribution < -0.4 is 10.9 Å². The van der Waals surface area contributed by atoms with Gasteiger partial charge >= 0.3 is 0 Å². The molecule has 2 bridgehead atoms. The summed E-state index contributed by atoms with van der Waals surface area (Å²) in [6, 6.07) is 9.20. The summed E-state index contributed by atoms with van der Waals surface area (Å²) in [6.07, 6.45) is 4.65. The summed E-state index contributed by atoms with van der Waals surface area (Å²) in [7, 11) is 0. The molecule has 0 radical (unpaired) electrons. The van der Waals surface area contributed by atoms with Gasteiger partial charge in [0.05, 0.1) is 6.26 Å². The predicted molar refractivity (Wildman–Crippen MR) is 112 cm³/mol. The highest BCUT2D eigenvalue weighted by Crippen LogP contribution is 2.35. The lowest BCUT2D eigenvalue weighted by molar-refractivity contribution is -0.136. The van der Waals surface area contributed by atoms with Crippen molar-refractivity contribution in [3.8, 4) is 0 Å². The molecule has 0 saturated carbocycles. The van der Waals surface area contributed by atoms with E-state index in [1.165, 1.54) is 0 Å². The highest BCUT2D eigenvalue weighted by Gasteiger charge is 2.36. The summed E-state index contributed by atoms with van der Waals surface area (Å²) in [6.45, 7) is 3.92. The Morgan fingerprint density at radius 2 is 2.03 bits per heavy atom. The van der Waals surface area contributed by atoms with Crippen molar-refractivity contribution in [2.75, 3.05) is 13.1 Å². The van der Waals surface area contributed by atoms with Crippen LogP contribution in [0.3, 0.4) is 0 Å². The molecule has 3 atom stereocenters. The summed E-state index contributed by atoms with van der Waals surface area (Å²) < 4.78 is 7.17. The number of fused-ring (bicyclic) bond motifs is 4. The molecule has 4 rings (SSSR count). The molecule has 4 heterocycles.